The van der Waals surface area contributed by atoms with Crippen LogP contribution >= 0.6 is 0 Å². The summed E-state index contributed by atoms with van der Waals surface area (Å²) in [6.45, 7) is 8.38. The molecule has 0 saturated heterocycles. The lowest BCUT2D eigenvalue weighted by molar-refractivity contribution is 0.494. The highest BCUT2D eigenvalue weighted by Gasteiger charge is 2.25. The molecule has 0 atom stereocenters. The fourth-order valence-electron chi connectivity index (χ4n) is 2.94. The van der Waals surface area contributed by atoms with E-state index in [0.29, 0.717) is 29.5 Å². The quantitative estimate of drug-likeness (QED) is 0.671. The van der Waals surface area contributed by atoms with Crippen molar-refractivity contribution in [1.82, 2.24) is 9.97 Å². The van der Waals surface area contributed by atoms with Gasteiger partial charge in [0.05, 0.1) is 24.4 Å². The number of fused-ring (bicyclic) bond motifs is 1. The van der Waals surface area contributed by atoms with Crippen LogP contribution in [0.3, 0.4) is 0 Å². The maximum absolute atomic E-state index is 9.27. The van der Waals surface area contributed by atoms with Crippen molar-refractivity contribution < 1.29 is 4.42 Å². The molecule has 0 fully saturated rings. The minimum atomic E-state index is 0.524. The van der Waals surface area contributed by atoms with E-state index in [1.165, 1.54) is 0 Å². The Morgan fingerprint density at radius 1 is 1.28 bits per heavy atom. The summed E-state index contributed by atoms with van der Waals surface area (Å²) >= 11 is 0. The Morgan fingerprint density at radius 3 is 3.04 bits per heavy atom. The highest BCUT2D eigenvalue weighted by molar-refractivity contribution is 5.62. The van der Waals surface area contributed by atoms with Crippen molar-refractivity contribution in [2.75, 3.05) is 11.4 Å². The molecule has 1 aromatic carbocycles. The lowest BCUT2D eigenvalue weighted by Gasteiger charge is -2.26. The molecule has 0 unspecified atom stereocenters. The van der Waals surface area contributed by atoms with Crippen molar-refractivity contribution in [3.63, 3.8) is 0 Å². The van der Waals surface area contributed by atoms with Crippen LogP contribution in [0.1, 0.15) is 17.0 Å². The summed E-state index contributed by atoms with van der Waals surface area (Å²) in [5, 5.41) is 9.27. The first-order valence-corrected chi connectivity index (χ1v) is 7.85. The average Bonchev–Trinajstić information content (AvgIpc) is 3.11. The normalized spacial score (nSPS) is 13.0. The van der Waals surface area contributed by atoms with E-state index >= 15 is 0 Å². The Kier molecular flexibility index (Phi) is 3.64. The number of aromatic nitrogens is 2. The van der Waals surface area contributed by atoms with Crippen molar-refractivity contribution in [2.24, 2.45) is 0 Å². The highest BCUT2D eigenvalue weighted by atomic mass is 16.4. The van der Waals surface area contributed by atoms with Crippen LogP contribution in [0.25, 0.3) is 16.3 Å². The summed E-state index contributed by atoms with van der Waals surface area (Å²) < 4.78 is 5.95. The number of hydrogen-bond donors (Lipinski definition) is 0. The van der Waals surface area contributed by atoms with Crippen molar-refractivity contribution >= 4 is 11.5 Å². The molecular formula is C19H13N5O. The first kappa shape index (κ1) is 14.9. The molecule has 0 amide bonds. The fraction of sp³-hybridized carbons (Fsp3) is 0.158. The monoisotopic (exact) mass is 327 g/mol. The summed E-state index contributed by atoms with van der Waals surface area (Å²) in [7, 11) is 0. The van der Waals surface area contributed by atoms with Crippen LogP contribution in [0.2, 0.25) is 0 Å². The molecule has 25 heavy (non-hydrogen) atoms. The highest BCUT2D eigenvalue weighted by Crippen LogP contribution is 2.30. The van der Waals surface area contributed by atoms with Gasteiger partial charge in [0.2, 0.25) is 5.89 Å². The van der Waals surface area contributed by atoms with Gasteiger partial charge >= 0.3 is 0 Å². The van der Waals surface area contributed by atoms with Crippen LogP contribution in [0.15, 0.2) is 47.0 Å². The molecule has 6 heteroatoms. The van der Waals surface area contributed by atoms with Crippen LogP contribution < -0.4 is 4.90 Å². The van der Waals surface area contributed by atoms with E-state index in [1.54, 1.807) is 30.5 Å². The van der Waals surface area contributed by atoms with Crippen molar-refractivity contribution in [3.8, 4) is 17.5 Å². The molecule has 120 valence electrons. The Labute approximate surface area is 144 Å². The second-order valence-corrected chi connectivity index (χ2v) is 5.71. The van der Waals surface area contributed by atoms with Crippen molar-refractivity contribution in [2.45, 2.75) is 13.0 Å². The fourth-order valence-corrected chi connectivity index (χ4v) is 2.94. The Hall–Kier alpha value is -3.64. The third kappa shape index (κ3) is 2.71. The molecular weight excluding hydrogens is 314 g/mol. The molecule has 0 radical (unpaired) electrons. The van der Waals surface area contributed by atoms with Crippen LogP contribution in [0.5, 0.6) is 0 Å². The van der Waals surface area contributed by atoms with E-state index in [1.807, 2.05) is 17.0 Å². The minimum Gasteiger partial charge on any atom is -0.439 e. The second kappa shape index (κ2) is 6.10. The molecule has 0 saturated carbocycles. The first-order chi connectivity index (χ1) is 12.3. The predicted octanol–water partition coefficient (Wildman–Crippen LogP) is 3.72. The van der Waals surface area contributed by atoms with Gasteiger partial charge in [0.25, 0.3) is 0 Å². The Balaban J connectivity index is 1.66. The number of oxazole rings is 1. The second-order valence-electron chi connectivity index (χ2n) is 5.71. The molecule has 0 spiro atoms. The molecule has 0 N–H and O–H groups in total. The van der Waals surface area contributed by atoms with Gasteiger partial charge < -0.3 is 9.32 Å². The molecule has 3 aromatic rings. The third-order valence-electron chi connectivity index (χ3n) is 4.16. The number of benzene rings is 1. The largest absolute Gasteiger partial charge is 0.439 e. The summed E-state index contributed by atoms with van der Waals surface area (Å²) in [6, 6.07) is 12.9. The molecule has 3 heterocycles. The zero-order valence-electron chi connectivity index (χ0n) is 13.3. The summed E-state index contributed by atoms with van der Waals surface area (Å²) in [5.74, 6) is 1.98. The zero-order valence-corrected chi connectivity index (χ0v) is 13.3. The summed E-state index contributed by atoms with van der Waals surface area (Å²) in [6.07, 6.45) is 2.41. The van der Waals surface area contributed by atoms with Gasteiger partial charge in [-0.25, -0.2) is 14.8 Å². The van der Waals surface area contributed by atoms with E-state index in [9.17, 15) is 5.26 Å². The molecule has 1 aliphatic heterocycles. The van der Waals surface area contributed by atoms with Gasteiger partial charge in [-0.2, -0.15) is 5.26 Å². The van der Waals surface area contributed by atoms with E-state index in [4.69, 9.17) is 11.0 Å². The van der Waals surface area contributed by atoms with Crippen LogP contribution in [0, 0.1) is 17.9 Å². The number of anilines is 1. The number of nitrogens with zero attached hydrogens (tertiary/aromatic N) is 5. The maximum Gasteiger partial charge on any atom is 0.225 e. The lowest BCUT2D eigenvalue weighted by Crippen LogP contribution is -2.31. The van der Waals surface area contributed by atoms with Gasteiger partial charge in [0.15, 0.2) is 5.69 Å². The molecule has 4 rings (SSSR count). The molecule has 0 bridgehead atoms. The Morgan fingerprint density at radius 2 is 2.20 bits per heavy atom. The van der Waals surface area contributed by atoms with Gasteiger partial charge in [-0.1, -0.05) is 18.2 Å². The van der Waals surface area contributed by atoms with E-state index in [0.717, 1.165) is 30.0 Å². The van der Waals surface area contributed by atoms with E-state index in [-0.39, 0.29) is 0 Å². The maximum atomic E-state index is 9.27. The van der Waals surface area contributed by atoms with Gasteiger partial charge in [-0.3, -0.25) is 0 Å². The number of hydrogen-bond acceptors (Lipinski definition) is 5. The number of pyridine rings is 1. The zero-order chi connectivity index (χ0) is 17.2. The standard InChI is InChI=1S/C19H13N5O/c1-21-15-6-2-4-13(10-15)19-23-16-7-9-24(12-17(16)25-19)18-14(11-20)5-3-8-22-18/h2-6,8,10H,7,9,12H2. The van der Waals surface area contributed by atoms with Crippen molar-refractivity contribution in [3.05, 3.63) is 71.0 Å². The van der Waals surface area contributed by atoms with Gasteiger partial charge in [-0.15, -0.1) is 0 Å². The molecule has 0 aliphatic carbocycles. The molecule has 1 aliphatic rings. The predicted molar refractivity (Wildman–Crippen MR) is 91.9 cm³/mol. The number of rotatable bonds is 2. The van der Waals surface area contributed by atoms with Gasteiger partial charge in [0, 0.05) is 24.7 Å². The summed E-state index contributed by atoms with van der Waals surface area (Å²) in [4.78, 5) is 14.4. The molecule has 2 aromatic heterocycles. The van der Waals surface area contributed by atoms with Crippen LogP contribution in [0.4, 0.5) is 11.5 Å². The van der Waals surface area contributed by atoms with E-state index < -0.39 is 0 Å². The van der Waals surface area contributed by atoms with Gasteiger partial charge in [0.1, 0.15) is 17.6 Å². The summed E-state index contributed by atoms with van der Waals surface area (Å²) in [5.41, 5.74) is 2.83. The first-order valence-electron chi connectivity index (χ1n) is 7.85. The topological polar surface area (TPSA) is 70.3 Å². The van der Waals surface area contributed by atoms with Crippen LogP contribution in [-0.2, 0) is 13.0 Å². The minimum absolute atomic E-state index is 0.524. The Bertz CT molecular complexity index is 1020. The smallest absolute Gasteiger partial charge is 0.225 e. The van der Waals surface area contributed by atoms with E-state index in [2.05, 4.69) is 20.9 Å². The van der Waals surface area contributed by atoms with Crippen LogP contribution in [-0.4, -0.2) is 16.5 Å². The lowest BCUT2D eigenvalue weighted by atomic mass is 10.1. The van der Waals surface area contributed by atoms with Gasteiger partial charge in [-0.05, 0) is 18.2 Å². The third-order valence-corrected chi connectivity index (χ3v) is 4.16. The molecule has 6 nitrogen and oxygen atoms in total. The average molecular weight is 327 g/mol. The SMILES string of the molecule is [C-]#[N+]c1cccc(-c2nc3c(o2)CN(c2ncccc2C#N)CC3)c1. The van der Waals surface area contributed by atoms with Crippen molar-refractivity contribution in [1.29, 1.82) is 5.26 Å². The number of nitriles is 1.